The monoisotopic (exact) mass is 708 g/mol. The van der Waals surface area contributed by atoms with E-state index < -0.39 is 0 Å². The van der Waals surface area contributed by atoms with Gasteiger partial charge < -0.3 is 0 Å². The Bertz CT molecular complexity index is 1850. The molecule has 1 aliphatic rings. The highest BCUT2D eigenvalue weighted by Gasteiger charge is 2.26. The fraction of sp³-hybridized carbons (Fsp3) is 0.188. The van der Waals surface area contributed by atoms with Crippen molar-refractivity contribution in [3.8, 4) is 0 Å². The quantitative estimate of drug-likeness (QED) is 0.0998. The smallest absolute Gasteiger partial charge is 0.130 e. The van der Waals surface area contributed by atoms with Gasteiger partial charge in [0.2, 0.25) is 0 Å². The minimum atomic E-state index is 0.662. The molecule has 0 heterocycles. The Hall–Kier alpha value is -6.27. The van der Waals surface area contributed by atoms with Gasteiger partial charge in [-0.2, -0.15) is 15.3 Å². The molecule has 7 rings (SSSR count). The Morgan fingerprint density at radius 3 is 0.759 bits per heavy atom. The first-order chi connectivity index (χ1) is 26.7. The summed E-state index contributed by atoms with van der Waals surface area (Å²) in [6.07, 6.45) is 2.59. The van der Waals surface area contributed by atoms with Crippen LogP contribution in [-0.2, 0) is 39.3 Å². The van der Waals surface area contributed by atoms with Crippen molar-refractivity contribution in [1.29, 1.82) is 0 Å². The molecule has 270 valence electrons. The Kier molecular flexibility index (Phi) is 12.7. The highest BCUT2D eigenvalue weighted by Crippen LogP contribution is 2.21. The van der Waals surface area contributed by atoms with Crippen molar-refractivity contribution >= 4 is 17.1 Å². The van der Waals surface area contributed by atoms with Gasteiger partial charge in [-0.15, -0.1) is 0 Å². The first-order valence-electron chi connectivity index (χ1n) is 19.0. The van der Waals surface area contributed by atoms with Gasteiger partial charge in [-0.1, -0.05) is 182 Å². The topological polar surface area (TPSA) is 46.8 Å². The van der Waals surface area contributed by atoms with Crippen LogP contribution in [0.3, 0.4) is 0 Å². The van der Waals surface area contributed by atoms with Gasteiger partial charge in [0.05, 0.1) is 50.7 Å². The number of rotatable bonds is 15. The lowest BCUT2D eigenvalue weighted by atomic mass is 9.94. The summed E-state index contributed by atoms with van der Waals surface area (Å²) < 4.78 is 0. The summed E-state index contributed by atoms with van der Waals surface area (Å²) in [6, 6.07) is 63.6. The van der Waals surface area contributed by atoms with E-state index in [-0.39, 0.29) is 0 Å². The van der Waals surface area contributed by atoms with Crippen molar-refractivity contribution in [3.05, 3.63) is 215 Å². The maximum atomic E-state index is 5.56. The molecular weight excluding hydrogens is 661 g/mol. The van der Waals surface area contributed by atoms with Gasteiger partial charge in [0.25, 0.3) is 0 Å². The zero-order chi connectivity index (χ0) is 36.6. The second-order valence-corrected chi connectivity index (χ2v) is 13.8. The highest BCUT2D eigenvalue weighted by atomic mass is 15.5. The number of hydrazone groups is 3. The van der Waals surface area contributed by atoms with Crippen molar-refractivity contribution in [2.24, 2.45) is 15.3 Å². The summed E-state index contributed by atoms with van der Waals surface area (Å²) in [5, 5.41) is 23.1. The van der Waals surface area contributed by atoms with E-state index in [0.29, 0.717) is 39.3 Å². The first kappa shape index (κ1) is 36.1. The molecule has 1 fully saturated rings. The third-order valence-corrected chi connectivity index (χ3v) is 9.39. The lowest BCUT2D eigenvalue weighted by molar-refractivity contribution is 0.265. The summed E-state index contributed by atoms with van der Waals surface area (Å²) in [5.74, 6) is 0. The standard InChI is InChI=1S/C48H48N6/c1-7-20-40(21-8-1)34-52(35-41-22-9-2-10-23-41)49-46-32-19-33-47(50-53(36-42-24-11-3-12-25-42)37-43-26-13-4-14-27-43)48(46)51-54(38-44-28-15-5-16-29-44)39-45-30-17-6-18-31-45/h1-18,20-31H,19,32-39H2/b49-46-,50-47+,51-48-. The first-order valence-corrected chi connectivity index (χ1v) is 19.0. The van der Waals surface area contributed by atoms with E-state index in [1.54, 1.807) is 0 Å². The highest BCUT2D eigenvalue weighted by molar-refractivity contribution is 6.69. The third kappa shape index (κ3) is 10.9. The fourth-order valence-corrected chi connectivity index (χ4v) is 6.76. The predicted octanol–water partition coefficient (Wildman–Crippen LogP) is 10.3. The molecule has 0 spiro atoms. The molecule has 0 amide bonds. The molecule has 0 radical (unpaired) electrons. The van der Waals surface area contributed by atoms with E-state index in [2.05, 4.69) is 197 Å². The zero-order valence-electron chi connectivity index (χ0n) is 30.9. The van der Waals surface area contributed by atoms with Crippen LogP contribution in [0.2, 0.25) is 0 Å². The molecule has 0 aliphatic heterocycles. The molecule has 6 aromatic carbocycles. The largest absolute Gasteiger partial charge is 0.288 e. The van der Waals surface area contributed by atoms with Crippen LogP contribution in [0.4, 0.5) is 0 Å². The van der Waals surface area contributed by atoms with E-state index in [1.807, 2.05) is 0 Å². The van der Waals surface area contributed by atoms with Crippen LogP contribution in [0, 0.1) is 0 Å². The van der Waals surface area contributed by atoms with E-state index >= 15 is 0 Å². The van der Waals surface area contributed by atoms with Gasteiger partial charge in [0.15, 0.2) is 0 Å². The molecule has 0 N–H and O–H groups in total. The maximum absolute atomic E-state index is 5.56. The molecule has 0 saturated heterocycles. The van der Waals surface area contributed by atoms with Crippen LogP contribution in [0.25, 0.3) is 0 Å². The normalized spacial score (nSPS) is 15.0. The van der Waals surface area contributed by atoms with Crippen LogP contribution < -0.4 is 0 Å². The van der Waals surface area contributed by atoms with E-state index in [1.165, 1.54) is 33.4 Å². The molecule has 0 atom stereocenters. The molecule has 54 heavy (non-hydrogen) atoms. The minimum Gasteiger partial charge on any atom is -0.288 e. The van der Waals surface area contributed by atoms with Crippen molar-refractivity contribution in [2.75, 3.05) is 0 Å². The van der Waals surface area contributed by atoms with E-state index in [4.69, 9.17) is 15.3 Å². The fourth-order valence-electron chi connectivity index (χ4n) is 6.76. The van der Waals surface area contributed by atoms with E-state index in [0.717, 1.165) is 36.4 Å². The summed E-state index contributed by atoms with van der Waals surface area (Å²) in [6.45, 7) is 4.07. The summed E-state index contributed by atoms with van der Waals surface area (Å²) in [4.78, 5) is 0. The van der Waals surface area contributed by atoms with Crippen LogP contribution in [0.15, 0.2) is 197 Å². The molecule has 0 aromatic heterocycles. The van der Waals surface area contributed by atoms with Crippen molar-refractivity contribution in [3.63, 3.8) is 0 Å². The van der Waals surface area contributed by atoms with Crippen LogP contribution in [0.5, 0.6) is 0 Å². The third-order valence-electron chi connectivity index (χ3n) is 9.39. The maximum Gasteiger partial charge on any atom is 0.130 e. The zero-order valence-corrected chi connectivity index (χ0v) is 30.9. The van der Waals surface area contributed by atoms with Gasteiger partial charge in [-0.05, 0) is 52.6 Å². The van der Waals surface area contributed by atoms with Crippen molar-refractivity contribution in [1.82, 2.24) is 15.0 Å². The molecule has 1 saturated carbocycles. The molecule has 0 unspecified atom stereocenters. The summed E-state index contributed by atoms with van der Waals surface area (Å²) in [5.41, 5.74) is 10.1. The molecule has 0 bridgehead atoms. The minimum absolute atomic E-state index is 0.662. The number of hydrogen-bond acceptors (Lipinski definition) is 6. The summed E-state index contributed by atoms with van der Waals surface area (Å²) >= 11 is 0. The Morgan fingerprint density at radius 2 is 0.519 bits per heavy atom. The van der Waals surface area contributed by atoms with E-state index in [9.17, 15) is 0 Å². The summed E-state index contributed by atoms with van der Waals surface area (Å²) in [7, 11) is 0. The van der Waals surface area contributed by atoms with Gasteiger partial charge in [0, 0.05) is 0 Å². The average molecular weight is 709 g/mol. The second-order valence-electron chi connectivity index (χ2n) is 13.8. The molecule has 6 aromatic rings. The van der Waals surface area contributed by atoms with Gasteiger partial charge >= 0.3 is 0 Å². The Morgan fingerprint density at radius 1 is 0.296 bits per heavy atom. The van der Waals surface area contributed by atoms with Gasteiger partial charge in [-0.3, -0.25) is 15.0 Å². The van der Waals surface area contributed by atoms with Gasteiger partial charge in [-0.25, -0.2) is 0 Å². The van der Waals surface area contributed by atoms with Crippen LogP contribution >= 0.6 is 0 Å². The molecule has 6 heteroatoms. The van der Waals surface area contributed by atoms with Crippen molar-refractivity contribution in [2.45, 2.75) is 58.5 Å². The number of nitrogens with zero attached hydrogens (tertiary/aromatic N) is 6. The lowest BCUT2D eigenvalue weighted by Gasteiger charge is -2.28. The van der Waals surface area contributed by atoms with Crippen LogP contribution in [-0.4, -0.2) is 32.2 Å². The lowest BCUT2D eigenvalue weighted by Crippen LogP contribution is -2.36. The SMILES string of the molecule is c1ccc(CN(Cc2ccccc2)/N=C2/CCCC(=N\N(Cc3ccccc3)Cc3ccccc3)/C2=N\N(Cc2ccccc2)Cc2ccccc2)cc1. The number of benzene rings is 6. The molecule has 1 aliphatic carbocycles. The van der Waals surface area contributed by atoms with Crippen molar-refractivity contribution < 1.29 is 0 Å². The van der Waals surface area contributed by atoms with Gasteiger partial charge in [0.1, 0.15) is 5.71 Å². The molecular formula is C48H48N6. The predicted molar refractivity (Wildman–Crippen MR) is 223 cm³/mol. The molecule has 6 nitrogen and oxygen atoms in total. The Balaban J connectivity index is 1.33. The average Bonchev–Trinajstić information content (AvgIpc) is 3.21. The second kappa shape index (κ2) is 19.0. The van der Waals surface area contributed by atoms with Crippen LogP contribution in [0.1, 0.15) is 52.6 Å². The Labute approximate surface area is 320 Å². The number of hydrogen-bond donors (Lipinski definition) is 0.